The average Bonchev–Trinajstić information content (AvgIpc) is 2.30. The van der Waals surface area contributed by atoms with Crippen molar-refractivity contribution in [3.63, 3.8) is 0 Å². The fourth-order valence-corrected chi connectivity index (χ4v) is 1.77. The standard InChI is InChI=1S/C14H14FNO/c1-10-7-8-11(9-16-10)14(2,17)12-5-3-4-6-13(12)15/h3-9,17H,1-2H3. The van der Waals surface area contributed by atoms with Crippen molar-refractivity contribution in [2.75, 3.05) is 0 Å². The Morgan fingerprint density at radius 1 is 1.18 bits per heavy atom. The molecule has 0 amide bonds. The van der Waals surface area contributed by atoms with Crippen molar-refractivity contribution in [3.05, 3.63) is 65.2 Å². The Morgan fingerprint density at radius 3 is 2.47 bits per heavy atom. The van der Waals surface area contributed by atoms with Crippen molar-refractivity contribution in [2.24, 2.45) is 0 Å². The molecule has 0 aliphatic heterocycles. The number of benzene rings is 1. The Kier molecular flexibility index (Phi) is 2.94. The highest BCUT2D eigenvalue weighted by Gasteiger charge is 2.28. The number of aliphatic hydroxyl groups is 1. The van der Waals surface area contributed by atoms with Crippen LogP contribution in [0.25, 0.3) is 0 Å². The normalized spacial score (nSPS) is 14.4. The van der Waals surface area contributed by atoms with E-state index in [9.17, 15) is 9.50 Å². The summed E-state index contributed by atoms with van der Waals surface area (Å²) in [6, 6.07) is 9.77. The number of pyridine rings is 1. The third-order valence-electron chi connectivity index (χ3n) is 2.87. The van der Waals surface area contributed by atoms with Gasteiger partial charge in [-0.05, 0) is 26.0 Å². The lowest BCUT2D eigenvalue weighted by molar-refractivity contribution is 0.0975. The first-order valence-electron chi connectivity index (χ1n) is 5.42. The van der Waals surface area contributed by atoms with E-state index >= 15 is 0 Å². The first-order chi connectivity index (χ1) is 8.01. The molecule has 1 heterocycles. The van der Waals surface area contributed by atoms with Gasteiger partial charge in [-0.3, -0.25) is 4.98 Å². The zero-order chi connectivity index (χ0) is 12.5. The van der Waals surface area contributed by atoms with E-state index in [0.29, 0.717) is 5.56 Å². The van der Waals surface area contributed by atoms with Gasteiger partial charge in [0.25, 0.3) is 0 Å². The van der Waals surface area contributed by atoms with Gasteiger partial charge in [-0.25, -0.2) is 4.39 Å². The third kappa shape index (κ3) is 2.19. The fourth-order valence-electron chi connectivity index (χ4n) is 1.77. The van der Waals surface area contributed by atoms with Crippen LogP contribution in [-0.4, -0.2) is 10.1 Å². The molecule has 3 heteroatoms. The second-order valence-electron chi connectivity index (χ2n) is 4.24. The minimum absolute atomic E-state index is 0.255. The molecule has 1 atom stereocenters. The van der Waals surface area contributed by atoms with Crippen molar-refractivity contribution in [1.29, 1.82) is 0 Å². The van der Waals surface area contributed by atoms with E-state index < -0.39 is 11.4 Å². The summed E-state index contributed by atoms with van der Waals surface area (Å²) in [5.41, 5.74) is 0.323. The van der Waals surface area contributed by atoms with Crippen molar-refractivity contribution >= 4 is 0 Å². The van der Waals surface area contributed by atoms with E-state index in [2.05, 4.69) is 4.98 Å². The molecule has 0 bridgehead atoms. The Bertz CT molecular complexity index is 520. The van der Waals surface area contributed by atoms with Crippen LogP contribution in [0.1, 0.15) is 23.7 Å². The molecule has 2 nitrogen and oxygen atoms in total. The lowest BCUT2D eigenvalue weighted by atomic mass is 9.89. The second kappa shape index (κ2) is 4.26. The summed E-state index contributed by atoms with van der Waals surface area (Å²) in [4.78, 5) is 4.12. The maximum absolute atomic E-state index is 13.7. The SMILES string of the molecule is Cc1ccc(C(C)(O)c2ccccc2F)cn1. The van der Waals surface area contributed by atoms with Gasteiger partial charge in [0.05, 0.1) is 0 Å². The zero-order valence-corrected chi connectivity index (χ0v) is 9.81. The quantitative estimate of drug-likeness (QED) is 0.862. The molecule has 0 aliphatic carbocycles. The largest absolute Gasteiger partial charge is 0.381 e. The van der Waals surface area contributed by atoms with E-state index in [-0.39, 0.29) is 5.56 Å². The summed E-state index contributed by atoms with van der Waals surface area (Å²) in [7, 11) is 0. The predicted octanol–water partition coefficient (Wildman–Crippen LogP) is 2.78. The van der Waals surface area contributed by atoms with Crippen molar-refractivity contribution in [1.82, 2.24) is 4.98 Å². The zero-order valence-electron chi connectivity index (χ0n) is 9.81. The smallest absolute Gasteiger partial charge is 0.129 e. The molecular formula is C14H14FNO. The summed E-state index contributed by atoms with van der Waals surface area (Å²) < 4.78 is 13.7. The van der Waals surface area contributed by atoms with Gasteiger partial charge in [-0.2, -0.15) is 0 Å². The van der Waals surface area contributed by atoms with Gasteiger partial charge in [0, 0.05) is 23.0 Å². The van der Waals surface area contributed by atoms with E-state index in [1.54, 1.807) is 43.5 Å². The highest BCUT2D eigenvalue weighted by atomic mass is 19.1. The van der Waals surface area contributed by atoms with E-state index in [4.69, 9.17) is 0 Å². The molecule has 1 aromatic carbocycles. The van der Waals surface area contributed by atoms with E-state index in [1.807, 2.05) is 6.92 Å². The Morgan fingerprint density at radius 2 is 1.88 bits per heavy atom. The Balaban J connectivity index is 2.49. The molecule has 2 aromatic rings. The molecule has 1 unspecified atom stereocenters. The maximum Gasteiger partial charge on any atom is 0.129 e. The monoisotopic (exact) mass is 231 g/mol. The molecular weight excluding hydrogens is 217 g/mol. The minimum Gasteiger partial charge on any atom is -0.381 e. The van der Waals surface area contributed by atoms with Crippen molar-refractivity contribution < 1.29 is 9.50 Å². The van der Waals surface area contributed by atoms with Gasteiger partial charge < -0.3 is 5.11 Å². The highest BCUT2D eigenvalue weighted by Crippen LogP contribution is 2.30. The number of hydrogen-bond acceptors (Lipinski definition) is 2. The van der Waals surface area contributed by atoms with Gasteiger partial charge in [-0.15, -0.1) is 0 Å². The molecule has 0 fully saturated rings. The Hall–Kier alpha value is -1.74. The maximum atomic E-state index is 13.7. The molecule has 88 valence electrons. The van der Waals surface area contributed by atoms with Crippen LogP contribution in [0.3, 0.4) is 0 Å². The first kappa shape index (κ1) is 11.7. The number of aromatic nitrogens is 1. The molecule has 0 spiro atoms. The van der Waals surface area contributed by atoms with Crippen LogP contribution in [0.4, 0.5) is 4.39 Å². The van der Waals surface area contributed by atoms with Crippen LogP contribution >= 0.6 is 0 Å². The second-order valence-corrected chi connectivity index (χ2v) is 4.24. The topological polar surface area (TPSA) is 33.1 Å². The van der Waals surface area contributed by atoms with Crippen molar-refractivity contribution in [3.8, 4) is 0 Å². The molecule has 17 heavy (non-hydrogen) atoms. The van der Waals surface area contributed by atoms with Crippen LogP contribution in [-0.2, 0) is 5.60 Å². The van der Waals surface area contributed by atoms with Crippen LogP contribution in [0, 0.1) is 12.7 Å². The lowest BCUT2D eigenvalue weighted by Crippen LogP contribution is -2.24. The summed E-state index contributed by atoms with van der Waals surface area (Å²) in [5.74, 6) is -0.418. The molecule has 2 rings (SSSR count). The number of hydrogen-bond donors (Lipinski definition) is 1. The molecule has 0 saturated heterocycles. The number of rotatable bonds is 2. The van der Waals surface area contributed by atoms with Gasteiger partial charge in [-0.1, -0.05) is 24.3 Å². The predicted molar refractivity (Wildman–Crippen MR) is 64.0 cm³/mol. The average molecular weight is 231 g/mol. The van der Waals surface area contributed by atoms with Crippen LogP contribution < -0.4 is 0 Å². The van der Waals surface area contributed by atoms with Crippen LogP contribution in [0.5, 0.6) is 0 Å². The number of nitrogens with zero attached hydrogens (tertiary/aromatic N) is 1. The van der Waals surface area contributed by atoms with Crippen LogP contribution in [0.15, 0.2) is 42.6 Å². The third-order valence-corrected chi connectivity index (χ3v) is 2.87. The number of halogens is 1. The lowest BCUT2D eigenvalue weighted by Gasteiger charge is -2.24. The minimum atomic E-state index is -1.37. The van der Waals surface area contributed by atoms with E-state index in [0.717, 1.165) is 5.69 Å². The molecule has 1 aromatic heterocycles. The molecule has 1 N–H and O–H groups in total. The fraction of sp³-hybridized carbons (Fsp3) is 0.214. The number of aryl methyl sites for hydroxylation is 1. The van der Waals surface area contributed by atoms with Crippen LogP contribution in [0.2, 0.25) is 0 Å². The Labute approximate surface area is 99.8 Å². The molecule has 0 radical (unpaired) electrons. The summed E-state index contributed by atoms with van der Waals surface area (Å²) in [5, 5.41) is 10.4. The van der Waals surface area contributed by atoms with Crippen molar-refractivity contribution in [2.45, 2.75) is 19.4 Å². The molecule has 0 saturated carbocycles. The van der Waals surface area contributed by atoms with Gasteiger partial charge in [0.15, 0.2) is 0 Å². The first-order valence-corrected chi connectivity index (χ1v) is 5.42. The van der Waals surface area contributed by atoms with Gasteiger partial charge in [0.1, 0.15) is 11.4 Å². The van der Waals surface area contributed by atoms with Gasteiger partial charge >= 0.3 is 0 Å². The summed E-state index contributed by atoms with van der Waals surface area (Å²) in [6.45, 7) is 3.43. The summed E-state index contributed by atoms with van der Waals surface area (Å²) >= 11 is 0. The summed E-state index contributed by atoms with van der Waals surface area (Å²) in [6.07, 6.45) is 1.57. The van der Waals surface area contributed by atoms with Gasteiger partial charge in [0.2, 0.25) is 0 Å². The highest BCUT2D eigenvalue weighted by molar-refractivity contribution is 5.34. The van der Waals surface area contributed by atoms with E-state index in [1.165, 1.54) is 6.07 Å². The molecule has 0 aliphatic rings.